The number of nitrogens with one attached hydrogen (secondary N) is 2. The standard InChI is InChI=1S/C18H17N5/c1-2-6-13(7-3-1)16-12-23(22-21-16)18-10-11-19-17(18)20-15-9-5-4-8-14(15)18/h1-9,12,17,19-20H,10-11H2/t17-,18-/m1/s1. The number of aromatic nitrogens is 3. The highest BCUT2D eigenvalue weighted by Gasteiger charge is 2.52. The summed E-state index contributed by atoms with van der Waals surface area (Å²) in [5.41, 5.74) is 4.28. The van der Waals surface area contributed by atoms with Crippen molar-refractivity contribution >= 4 is 5.69 Å². The summed E-state index contributed by atoms with van der Waals surface area (Å²) in [5.74, 6) is 0. The molecule has 0 aliphatic carbocycles. The number of nitrogens with zero attached hydrogens (tertiary/aromatic N) is 3. The zero-order valence-corrected chi connectivity index (χ0v) is 12.6. The van der Waals surface area contributed by atoms with E-state index in [4.69, 9.17) is 0 Å². The first-order valence-electron chi connectivity index (χ1n) is 7.96. The molecule has 2 aromatic carbocycles. The molecule has 0 bridgehead atoms. The molecule has 114 valence electrons. The zero-order chi connectivity index (χ0) is 15.3. The molecule has 23 heavy (non-hydrogen) atoms. The van der Waals surface area contributed by atoms with Crippen LogP contribution in [-0.2, 0) is 5.54 Å². The number of hydrogen-bond donors (Lipinski definition) is 2. The Morgan fingerprint density at radius 3 is 2.78 bits per heavy atom. The van der Waals surface area contributed by atoms with Crippen LogP contribution in [0.15, 0.2) is 60.8 Å². The van der Waals surface area contributed by atoms with E-state index in [9.17, 15) is 0 Å². The molecule has 0 radical (unpaired) electrons. The molecule has 1 aromatic heterocycles. The predicted molar refractivity (Wildman–Crippen MR) is 89.0 cm³/mol. The molecule has 1 fully saturated rings. The van der Waals surface area contributed by atoms with Gasteiger partial charge in [-0.1, -0.05) is 53.7 Å². The van der Waals surface area contributed by atoms with E-state index in [1.54, 1.807) is 0 Å². The van der Waals surface area contributed by atoms with Crippen LogP contribution in [0, 0.1) is 0 Å². The van der Waals surface area contributed by atoms with Gasteiger partial charge >= 0.3 is 0 Å². The molecule has 2 aliphatic heterocycles. The second-order valence-electron chi connectivity index (χ2n) is 6.17. The van der Waals surface area contributed by atoms with Gasteiger partial charge in [-0.2, -0.15) is 0 Å². The summed E-state index contributed by atoms with van der Waals surface area (Å²) >= 11 is 0. The third-order valence-corrected chi connectivity index (χ3v) is 5.00. The van der Waals surface area contributed by atoms with Crippen LogP contribution in [0.25, 0.3) is 11.3 Å². The largest absolute Gasteiger partial charge is 0.367 e. The molecule has 5 rings (SSSR count). The van der Waals surface area contributed by atoms with Crippen LogP contribution in [0.4, 0.5) is 5.69 Å². The molecule has 0 saturated carbocycles. The van der Waals surface area contributed by atoms with Crippen molar-refractivity contribution < 1.29 is 0 Å². The molecular weight excluding hydrogens is 286 g/mol. The smallest absolute Gasteiger partial charge is 0.126 e. The van der Waals surface area contributed by atoms with Crippen molar-refractivity contribution in [3.8, 4) is 11.3 Å². The lowest BCUT2D eigenvalue weighted by Crippen LogP contribution is -2.46. The fourth-order valence-electron chi connectivity index (χ4n) is 3.89. The van der Waals surface area contributed by atoms with Gasteiger partial charge in [-0.3, -0.25) is 5.32 Å². The van der Waals surface area contributed by atoms with Crippen LogP contribution in [0.5, 0.6) is 0 Å². The Labute approximate surface area is 134 Å². The van der Waals surface area contributed by atoms with Crippen molar-refractivity contribution in [1.82, 2.24) is 20.3 Å². The van der Waals surface area contributed by atoms with E-state index in [1.165, 1.54) is 11.3 Å². The van der Waals surface area contributed by atoms with Crippen molar-refractivity contribution in [1.29, 1.82) is 0 Å². The summed E-state index contributed by atoms with van der Waals surface area (Å²) in [6, 6.07) is 18.7. The number of para-hydroxylation sites is 1. The molecular formula is C18H17N5. The lowest BCUT2D eigenvalue weighted by molar-refractivity contribution is 0.310. The highest BCUT2D eigenvalue weighted by Crippen LogP contribution is 2.46. The van der Waals surface area contributed by atoms with Gasteiger partial charge in [0.1, 0.15) is 17.4 Å². The molecule has 3 aromatic rings. The Morgan fingerprint density at radius 2 is 1.87 bits per heavy atom. The van der Waals surface area contributed by atoms with Crippen LogP contribution in [-0.4, -0.2) is 27.7 Å². The highest BCUT2D eigenvalue weighted by atomic mass is 15.5. The molecule has 2 atom stereocenters. The van der Waals surface area contributed by atoms with Gasteiger partial charge in [0.2, 0.25) is 0 Å². The summed E-state index contributed by atoms with van der Waals surface area (Å²) < 4.78 is 2.04. The molecule has 0 spiro atoms. The van der Waals surface area contributed by atoms with E-state index < -0.39 is 0 Å². The maximum atomic E-state index is 4.49. The maximum absolute atomic E-state index is 4.49. The molecule has 5 heteroatoms. The number of hydrogen-bond acceptors (Lipinski definition) is 4. The Balaban J connectivity index is 1.65. The summed E-state index contributed by atoms with van der Waals surface area (Å²) in [6.45, 7) is 0.965. The SMILES string of the molecule is c1ccc(-c2cn([C@@]34CCN[C@@H]3Nc3ccccc34)nn2)cc1. The van der Waals surface area contributed by atoms with Crippen LogP contribution < -0.4 is 10.6 Å². The average Bonchev–Trinajstić information content (AvgIpc) is 3.29. The van der Waals surface area contributed by atoms with Gasteiger partial charge in [0.15, 0.2) is 0 Å². The fraction of sp³-hybridized carbons (Fsp3) is 0.222. The first kappa shape index (κ1) is 12.8. The van der Waals surface area contributed by atoms with Crippen molar-refractivity contribution in [2.24, 2.45) is 0 Å². The first-order chi connectivity index (χ1) is 11.4. The number of fused-ring (bicyclic) bond motifs is 3. The molecule has 2 N–H and O–H groups in total. The van der Waals surface area contributed by atoms with E-state index in [2.05, 4.69) is 63.5 Å². The summed E-state index contributed by atoms with van der Waals surface area (Å²) in [5, 5.41) is 16.0. The van der Waals surface area contributed by atoms with E-state index in [1.807, 2.05) is 22.9 Å². The first-order valence-corrected chi connectivity index (χ1v) is 7.96. The monoisotopic (exact) mass is 303 g/mol. The van der Waals surface area contributed by atoms with E-state index >= 15 is 0 Å². The van der Waals surface area contributed by atoms with Crippen LogP contribution in [0.3, 0.4) is 0 Å². The molecule has 1 saturated heterocycles. The minimum atomic E-state index is -0.198. The number of benzene rings is 2. The third-order valence-electron chi connectivity index (χ3n) is 5.00. The van der Waals surface area contributed by atoms with Crippen LogP contribution in [0.2, 0.25) is 0 Å². The predicted octanol–water partition coefficient (Wildman–Crippen LogP) is 2.43. The van der Waals surface area contributed by atoms with Crippen molar-refractivity contribution in [2.45, 2.75) is 18.1 Å². The van der Waals surface area contributed by atoms with Gasteiger partial charge < -0.3 is 5.32 Å². The topological polar surface area (TPSA) is 54.8 Å². The van der Waals surface area contributed by atoms with E-state index in [0.717, 1.165) is 24.2 Å². The zero-order valence-electron chi connectivity index (χ0n) is 12.6. The van der Waals surface area contributed by atoms with Gasteiger partial charge in [0.05, 0.1) is 6.20 Å². The molecule has 0 amide bonds. The van der Waals surface area contributed by atoms with Gasteiger partial charge in [-0.05, 0) is 19.0 Å². The van der Waals surface area contributed by atoms with Crippen molar-refractivity contribution in [2.75, 3.05) is 11.9 Å². The maximum Gasteiger partial charge on any atom is 0.126 e. The Bertz CT molecular complexity index is 857. The van der Waals surface area contributed by atoms with E-state index in [-0.39, 0.29) is 11.7 Å². The average molecular weight is 303 g/mol. The Kier molecular flexibility index (Phi) is 2.60. The Morgan fingerprint density at radius 1 is 1.04 bits per heavy atom. The van der Waals surface area contributed by atoms with Crippen molar-refractivity contribution in [3.05, 3.63) is 66.4 Å². The summed E-state index contributed by atoms with van der Waals surface area (Å²) in [7, 11) is 0. The number of anilines is 1. The normalized spacial score (nSPS) is 25.0. The Hall–Kier alpha value is -2.66. The van der Waals surface area contributed by atoms with Gasteiger partial charge in [-0.15, -0.1) is 5.10 Å². The number of rotatable bonds is 2. The lowest BCUT2D eigenvalue weighted by Gasteiger charge is -2.28. The summed E-state index contributed by atoms with van der Waals surface area (Å²) in [4.78, 5) is 0. The van der Waals surface area contributed by atoms with Gasteiger partial charge in [0.25, 0.3) is 0 Å². The quantitative estimate of drug-likeness (QED) is 0.763. The van der Waals surface area contributed by atoms with E-state index in [0.29, 0.717) is 0 Å². The second-order valence-corrected chi connectivity index (χ2v) is 6.17. The fourth-order valence-corrected chi connectivity index (χ4v) is 3.89. The van der Waals surface area contributed by atoms with Crippen LogP contribution >= 0.6 is 0 Å². The molecule has 5 nitrogen and oxygen atoms in total. The van der Waals surface area contributed by atoms with Gasteiger partial charge in [-0.25, -0.2) is 4.68 Å². The van der Waals surface area contributed by atoms with Crippen LogP contribution in [0.1, 0.15) is 12.0 Å². The molecule has 0 unspecified atom stereocenters. The third kappa shape index (κ3) is 1.71. The van der Waals surface area contributed by atoms with Gasteiger partial charge in [0, 0.05) is 16.8 Å². The second kappa shape index (κ2) is 4.67. The minimum Gasteiger partial charge on any atom is -0.367 e. The lowest BCUT2D eigenvalue weighted by atomic mass is 9.89. The minimum absolute atomic E-state index is 0.158. The van der Waals surface area contributed by atoms with Crippen molar-refractivity contribution in [3.63, 3.8) is 0 Å². The highest BCUT2D eigenvalue weighted by molar-refractivity contribution is 5.63. The molecule has 2 aliphatic rings. The molecule has 3 heterocycles. The summed E-state index contributed by atoms with van der Waals surface area (Å²) in [6.07, 6.45) is 3.23.